The SMILES string of the molecule is C1=Cc2cc3[nH]c(c(-c4ccccn4)c4nc(cc5ccc(cc1n2)[nH]5)C=C4c1ccccn1)c(-c1ccccn1)c3-c1ccccn1.[Zn]. The van der Waals surface area contributed by atoms with E-state index in [0.29, 0.717) is 0 Å². The van der Waals surface area contributed by atoms with E-state index in [1.165, 1.54) is 0 Å². The summed E-state index contributed by atoms with van der Waals surface area (Å²) in [6.45, 7) is 0. The minimum atomic E-state index is 0. The Morgan fingerprint density at radius 3 is 1.57 bits per heavy atom. The third-order valence-corrected chi connectivity index (χ3v) is 8.32. The van der Waals surface area contributed by atoms with Crippen molar-refractivity contribution in [1.29, 1.82) is 0 Å². The molecular formula is C40H26N8Zn. The number of hydrogen-bond acceptors (Lipinski definition) is 6. The molecule has 9 heteroatoms. The van der Waals surface area contributed by atoms with Crippen LogP contribution in [0.2, 0.25) is 0 Å². The number of nitrogens with one attached hydrogen (secondary N) is 2. The van der Waals surface area contributed by atoms with Crippen LogP contribution in [0, 0.1) is 0 Å². The zero-order chi connectivity index (χ0) is 31.9. The molecule has 2 N–H and O–H groups in total. The molecule has 0 unspecified atom stereocenters. The molecule has 0 radical (unpaired) electrons. The van der Waals surface area contributed by atoms with Crippen LogP contribution in [-0.4, -0.2) is 39.9 Å². The van der Waals surface area contributed by atoms with Crippen molar-refractivity contribution in [1.82, 2.24) is 39.9 Å². The van der Waals surface area contributed by atoms with E-state index in [1.54, 1.807) is 12.4 Å². The van der Waals surface area contributed by atoms with E-state index >= 15 is 0 Å². The predicted octanol–water partition coefficient (Wildman–Crippen LogP) is 8.65. The molecule has 2 aliphatic heterocycles. The van der Waals surface area contributed by atoms with Crippen LogP contribution in [0.1, 0.15) is 28.5 Å². The fraction of sp³-hybridized carbons (Fsp3) is 0. The first kappa shape index (κ1) is 30.2. The Kier molecular flexibility index (Phi) is 7.88. The van der Waals surface area contributed by atoms with Gasteiger partial charge in [0.1, 0.15) is 0 Å². The number of pyridine rings is 4. The molecule has 0 saturated carbocycles. The van der Waals surface area contributed by atoms with Crippen molar-refractivity contribution in [2.45, 2.75) is 0 Å². The maximum atomic E-state index is 5.31. The summed E-state index contributed by atoms with van der Waals surface area (Å²) in [4.78, 5) is 36.9. The van der Waals surface area contributed by atoms with Gasteiger partial charge in [0.15, 0.2) is 0 Å². The zero-order valence-corrected chi connectivity index (χ0v) is 29.2. The summed E-state index contributed by atoms with van der Waals surface area (Å²) in [5.74, 6) is 0. The topological polar surface area (TPSA) is 109 Å². The molecule has 9 rings (SSSR count). The molecule has 0 amide bonds. The molecule has 49 heavy (non-hydrogen) atoms. The second-order valence-corrected chi connectivity index (χ2v) is 11.4. The fourth-order valence-electron chi connectivity index (χ4n) is 6.28. The number of aromatic amines is 2. The van der Waals surface area contributed by atoms with Crippen LogP contribution in [0.4, 0.5) is 0 Å². The Hall–Kier alpha value is -6.18. The number of aromatic nitrogens is 8. The van der Waals surface area contributed by atoms with E-state index in [-0.39, 0.29) is 19.5 Å². The summed E-state index contributed by atoms with van der Waals surface area (Å²) in [6, 6.07) is 34.0. The first-order valence-electron chi connectivity index (χ1n) is 15.6. The van der Waals surface area contributed by atoms with E-state index in [2.05, 4.69) is 22.1 Å². The Bertz CT molecular complexity index is 2540. The van der Waals surface area contributed by atoms with Gasteiger partial charge < -0.3 is 9.97 Å². The molecule has 7 aromatic heterocycles. The average molecular weight is 684 g/mol. The maximum Gasteiger partial charge on any atom is 0.0847 e. The normalized spacial score (nSPS) is 12.0. The molecule has 0 fully saturated rings. The van der Waals surface area contributed by atoms with Crippen LogP contribution in [0.25, 0.3) is 79.6 Å². The molecule has 228 valence electrons. The smallest absolute Gasteiger partial charge is 0.0847 e. The second-order valence-electron chi connectivity index (χ2n) is 11.4. The van der Waals surface area contributed by atoms with Crippen molar-refractivity contribution in [3.05, 3.63) is 156 Å². The standard InChI is InChI=1S/C40H26N8.Zn/c1-5-17-41-31(9-1)30-23-29-22-27-14-13-25(45-27)21-26-15-16-28(46-26)24-35-36(32-10-2-6-18-42-32)37(33-11-3-7-19-43-33)40(48-35)38(39(30)47-29)34-12-4-8-20-44-34;/h1-24,45,48H;. The summed E-state index contributed by atoms with van der Waals surface area (Å²) in [6.07, 6.45) is 13.4. The van der Waals surface area contributed by atoms with Gasteiger partial charge in [-0.05, 0) is 97.1 Å². The number of hydrogen-bond donors (Lipinski definition) is 2. The Morgan fingerprint density at radius 2 is 0.980 bits per heavy atom. The maximum absolute atomic E-state index is 5.31. The molecule has 0 aliphatic carbocycles. The van der Waals surface area contributed by atoms with Gasteiger partial charge in [-0.3, -0.25) is 19.9 Å². The summed E-state index contributed by atoms with van der Waals surface area (Å²) < 4.78 is 0. The third kappa shape index (κ3) is 5.71. The molecule has 0 aromatic carbocycles. The van der Waals surface area contributed by atoms with Crippen LogP contribution in [0.5, 0.6) is 0 Å². The molecule has 0 spiro atoms. The van der Waals surface area contributed by atoms with Gasteiger partial charge >= 0.3 is 0 Å². The Balaban J connectivity index is 0.00000348. The van der Waals surface area contributed by atoms with Gasteiger partial charge in [0.05, 0.1) is 62.1 Å². The predicted molar refractivity (Wildman–Crippen MR) is 191 cm³/mol. The van der Waals surface area contributed by atoms with Crippen molar-refractivity contribution < 1.29 is 19.5 Å². The minimum absolute atomic E-state index is 0. The third-order valence-electron chi connectivity index (χ3n) is 8.32. The summed E-state index contributed by atoms with van der Waals surface area (Å²) in [5.41, 5.74) is 13.4. The van der Waals surface area contributed by atoms with Crippen molar-refractivity contribution >= 4 is 45.9 Å². The molecule has 7 aromatic rings. The number of nitrogens with zero attached hydrogens (tertiary/aromatic N) is 6. The summed E-state index contributed by atoms with van der Waals surface area (Å²) >= 11 is 0. The van der Waals surface area contributed by atoms with Crippen LogP contribution in [0.15, 0.2) is 128 Å². The van der Waals surface area contributed by atoms with Crippen LogP contribution in [-0.2, 0) is 19.5 Å². The van der Waals surface area contributed by atoms with Gasteiger partial charge in [0.2, 0.25) is 0 Å². The Labute approximate surface area is 294 Å². The van der Waals surface area contributed by atoms with E-state index in [4.69, 9.17) is 29.9 Å². The quantitative estimate of drug-likeness (QED) is 0.180. The number of fused-ring (bicyclic) bond motifs is 8. The molecule has 0 atom stereocenters. The molecule has 2 aliphatic rings. The molecule has 9 heterocycles. The van der Waals surface area contributed by atoms with Crippen molar-refractivity contribution in [3.63, 3.8) is 0 Å². The molecule has 8 nitrogen and oxygen atoms in total. The summed E-state index contributed by atoms with van der Waals surface area (Å²) in [7, 11) is 0. The second kappa shape index (κ2) is 12.8. The van der Waals surface area contributed by atoms with Gasteiger partial charge in [-0.25, -0.2) is 9.97 Å². The monoisotopic (exact) mass is 682 g/mol. The van der Waals surface area contributed by atoms with Crippen molar-refractivity contribution in [2.24, 2.45) is 0 Å². The summed E-state index contributed by atoms with van der Waals surface area (Å²) in [5, 5.41) is 0. The van der Waals surface area contributed by atoms with Gasteiger partial charge in [0, 0.05) is 72.0 Å². The Morgan fingerprint density at radius 1 is 0.449 bits per heavy atom. The van der Waals surface area contributed by atoms with Gasteiger partial charge in [0.25, 0.3) is 0 Å². The molecular weight excluding hydrogens is 658 g/mol. The molecule has 8 bridgehead atoms. The fourth-order valence-corrected chi connectivity index (χ4v) is 6.28. The minimum Gasteiger partial charge on any atom is -0.355 e. The number of rotatable bonds is 4. The van der Waals surface area contributed by atoms with E-state index in [0.717, 1.165) is 89.9 Å². The van der Waals surface area contributed by atoms with Crippen molar-refractivity contribution in [3.8, 4) is 33.8 Å². The van der Waals surface area contributed by atoms with E-state index in [9.17, 15) is 0 Å². The van der Waals surface area contributed by atoms with Crippen LogP contribution in [0.3, 0.4) is 0 Å². The van der Waals surface area contributed by atoms with E-state index in [1.807, 2.05) is 122 Å². The van der Waals surface area contributed by atoms with E-state index < -0.39 is 0 Å². The average Bonchev–Trinajstić information content (AvgIpc) is 3.94. The zero-order valence-electron chi connectivity index (χ0n) is 26.2. The molecule has 0 saturated heterocycles. The van der Waals surface area contributed by atoms with Gasteiger partial charge in [-0.1, -0.05) is 24.3 Å². The van der Waals surface area contributed by atoms with Crippen LogP contribution >= 0.6 is 0 Å². The first-order chi connectivity index (χ1) is 23.8. The van der Waals surface area contributed by atoms with Gasteiger partial charge in [-0.15, -0.1) is 0 Å². The van der Waals surface area contributed by atoms with Gasteiger partial charge in [-0.2, -0.15) is 0 Å². The van der Waals surface area contributed by atoms with Crippen LogP contribution < -0.4 is 0 Å². The van der Waals surface area contributed by atoms with Crippen molar-refractivity contribution in [2.75, 3.05) is 0 Å². The first-order valence-corrected chi connectivity index (χ1v) is 15.6. The number of H-pyrrole nitrogens is 2. The largest absolute Gasteiger partial charge is 0.355 e.